The SMILES string of the molecule is CCCNNC(=O)/C=C/c1ccc(CN(CCc2c[nH]c3ccccc23)C2CCC([C@H](NC(=O)[C@@H]3C[C@@H](O)CN3C(=O)[C@@H](NC(=O)C3(F)CC3)C(C)(C)C)c3ccc(-c4scnc4C)cc3)CC2)cc1. The lowest BCUT2D eigenvalue weighted by atomic mass is 9.78. The predicted molar refractivity (Wildman–Crippen MR) is 274 cm³/mol. The second-order valence-electron chi connectivity index (χ2n) is 20.6. The number of aliphatic hydroxyl groups is 1. The number of thiazole rings is 1. The van der Waals surface area contributed by atoms with Gasteiger partial charge in [-0.3, -0.25) is 29.5 Å². The van der Waals surface area contributed by atoms with Gasteiger partial charge in [0, 0.05) is 61.8 Å². The monoisotopic (exact) mass is 973 g/mol. The largest absolute Gasteiger partial charge is 0.391 e. The molecule has 0 spiro atoms. The number of halogens is 1. The van der Waals surface area contributed by atoms with Crippen molar-refractivity contribution in [3.63, 3.8) is 0 Å². The summed E-state index contributed by atoms with van der Waals surface area (Å²) < 4.78 is 14.9. The molecule has 372 valence electrons. The Hall–Kier alpha value is -5.74. The molecular formula is C55H69FN8O5S. The first-order valence-corrected chi connectivity index (χ1v) is 25.9. The number of fused-ring (bicyclic) bond motifs is 1. The molecule has 3 aliphatic rings. The number of likely N-dealkylation sites (tertiary alicyclic amines) is 1. The van der Waals surface area contributed by atoms with Crippen molar-refractivity contribution < 1.29 is 28.7 Å². The molecule has 8 rings (SSSR count). The number of nitrogens with one attached hydrogen (secondary N) is 5. The molecule has 3 heterocycles. The van der Waals surface area contributed by atoms with Crippen molar-refractivity contribution in [2.75, 3.05) is 19.6 Å². The number of aryl methyl sites for hydroxylation is 1. The van der Waals surface area contributed by atoms with Crippen LogP contribution >= 0.6 is 11.3 Å². The van der Waals surface area contributed by atoms with Crippen molar-refractivity contribution in [2.45, 2.75) is 135 Å². The quantitative estimate of drug-likeness (QED) is 0.0274. The number of H-pyrrole nitrogens is 1. The van der Waals surface area contributed by atoms with Crippen molar-refractivity contribution in [1.29, 1.82) is 0 Å². The fraction of sp³-hybridized carbons (Fsp3) is 0.473. The zero-order valence-electron chi connectivity index (χ0n) is 41.1. The molecule has 1 saturated heterocycles. The number of rotatable bonds is 19. The van der Waals surface area contributed by atoms with Crippen LogP contribution in [0.15, 0.2) is 90.6 Å². The van der Waals surface area contributed by atoms with Crippen molar-refractivity contribution in [1.82, 2.24) is 41.3 Å². The van der Waals surface area contributed by atoms with E-state index in [0.29, 0.717) is 6.54 Å². The molecule has 0 unspecified atom stereocenters. The van der Waals surface area contributed by atoms with E-state index in [9.17, 15) is 28.7 Å². The molecule has 15 heteroatoms. The molecule has 6 N–H and O–H groups in total. The number of β-amino-alcohol motifs (C(OH)–C–C–N with tert-alkyl or cyclic N) is 1. The molecule has 5 aromatic rings. The zero-order valence-corrected chi connectivity index (χ0v) is 41.9. The summed E-state index contributed by atoms with van der Waals surface area (Å²) in [5.74, 6) is -1.81. The third-order valence-corrected chi connectivity index (χ3v) is 15.4. The van der Waals surface area contributed by atoms with Crippen LogP contribution in [0.25, 0.3) is 27.4 Å². The van der Waals surface area contributed by atoms with Gasteiger partial charge in [-0.15, -0.1) is 11.3 Å². The fourth-order valence-electron chi connectivity index (χ4n) is 10.1. The highest BCUT2D eigenvalue weighted by Gasteiger charge is 2.53. The molecule has 3 fully saturated rings. The lowest BCUT2D eigenvalue weighted by Gasteiger charge is -2.40. The molecule has 0 radical (unpaired) electrons. The van der Waals surface area contributed by atoms with E-state index in [0.717, 1.165) is 84.4 Å². The first kappa shape index (κ1) is 50.6. The Kier molecular flexibility index (Phi) is 16.0. The van der Waals surface area contributed by atoms with Gasteiger partial charge >= 0.3 is 0 Å². The first-order valence-electron chi connectivity index (χ1n) is 25.0. The number of nitrogens with zero attached hydrogens (tertiary/aromatic N) is 3. The number of aromatic amines is 1. The summed E-state index contributed by atoms with van der Waals surface area (Å²) in [5, 5.41) is 18.3. The number of hydrazine groups is 1. The molecule has 3 aromatic carbocycles. The second-order valence-corrected chi connectivity index (χ2v) is 21.5. The number of aromatic nitrogens is 2. The van der Waals surface area contributed by atoms with E-state index in [1.165, 1.54) is 27.5 Å². The maximum Gasteiger partial charge on any atom is 0.258 e. The van der Waals surface area contributed by atoms with Gasteiger partial charge in [0.1, 0.15) is 12.1 Å². The number of aliphatic hydroxyl groups excluding tert-OH is 1. The van der Waals surface area contributed by atoms with Crippen molar-refractivity contribution in [3.05, 3.63) is 119 Å². The minimum absolute atomic E-state index is 0.0486. The van der Waals surface area contributed by atoms with Gasteiger partial charge in [-0.2, -0.15) is 0 Å². The van der Waals surface area contributed by atoms with Crippen LogP contribution in [-0.2, 0) is 32.1 Å². The van der Waals surface area contributed by atoms with E-state index in [1.807, 2.05) is 43.6 Å². The minimum atomic E-state index is -1.98. The van der Waals surface area contributed by atoms with Gasteiger partial charge in [0.25, 0.3) is 11.8 Å². The number of benzene rings is 3. The van der Waals surface area contributed by atoms with Gasteiger partial charge in [0.05, 0.1) is 28.2 Å². The molecule has 70 heavy (non-hydrogen) atoms. The first-order chi connectivity index (χ1) is 33.6. The van der Waals surface area contributed by atoms with E-state index in [-0.39, 0.29) is 55.6 Å². The number of alkyl halides is 1. The summed E-state index contributed by atoms with van der Waals surface area (Å²) in [5.41, 5.74) is 12.1. The Morgan fingerprint density at radius 2 is 1.73 bits per heavy atom. The second kappa shape index (κ2) is 22.1. The van der Waals surface area contributed by atoms with Crippen molar-refractivity contribution in [3.8, 4) is 10.4 Å². The van der Waals surface area contributed by atoms with Crippen molar-refractivity contribution in [2.24, 2.45) is 11.3 Å². The molecule has 4 amide bonds. The molecule has 2 saturated carbocycles. The summed E-state index contributed by atoms with van der Waals surface area (Å²) >= 11 is 1.59. The van der Waals surface area contributed by atoms with Crippen molar-refractivity contribution >= 4 is 51.9 Å². The fourth-order valence-corrected chi connectivity index (χ4v) is 10.9. The average molecular weight is 973 g/mol. The zero-order chi connectivity index (χ0) is 49.6. The van der Waals surface area contributed by atoms with Crippen LogP contribution in [-0.4, -0.2) is 98.0 Å². The predicted octanol–water partition coefficient (Wildman–Crippen LogP) is 8.10. The maximum absolute atomic E-state index is 14.9. The smallest absolute Gasteiger partial charge is 0.258 e. The lowest BCUT2D eigenvalue weighted by molar-refractivity contribution is -0.145. The normalized spacial score (nSPS) is 20.9. The van der Waals surface area contributed by atoms with Crippen LogP contribution in [0.5, 0.6) is 0 Å². The number of hydrogen-bond acceptors (Lipinski definition) is 9. The average Bonchev–Trinajstić information content (AvgIpc) is 3.60. The highest BCUT2D eigenvalue weighted by Crippen LogP contribution is 2.41. The van der Waals surface area contributed by atoms with Crippen LogP contribution < -0.4 is 21.5 Å². The maximum atomic E-state index is 14.9. The Labute approximate surface area is 415 Å². The molecule has 0 bridgehead atoms. The van der Waals surface area contributed by atoms with E-state index in [4.69, 9.17) is 0 Å². The summed E-state index contributed by atoms with van der Waals surface area (Å²) in [6, 6.07) is 22.9. The molecule has 13 nitrogen and oxygen atoms in total. The van der Waals surface area contributed by atoms with E-state index in [2.05, 4.69) is 97.1 Å². The molecule has 4 atom stereocenters. The van der Waals surface area contributed by atoms with Gasteiger partial charge in [0.15, 0.2) is 5.67 Å². The minimum Gasteiger partial charge on any atom is -0.391 e. The number of amides is 4. The van der Waals surface area contributed by atoms with Crippen LogP contribution in [0.1, 0.15) is 113 Å². The van der Waals surface area contributed by atoms with Crippen LogP contribution in [0.2, 0.25) is 0 Å². The van der Waals surface area contributed by atoms with Gasteiger partial charge in [-0.1, -0.05) is 94.4 Å². The highest BCUT2D eigenvalue weighted by molar-refractivity contribution is 7.13. The lowest BCUT2D eigenvalue weighted by Crippen LogP contribution is -2.59. The summed E-state index contributed by atoms with van der Waals surface area (Å²) in [7, 11) is 0. The summed E-state index contributed by atoms with van der Waals surface area (Å²) in [4.78, 5) is 67.3. The molecule has 1 aliphatic heterocycles. The number of carbonyl (C=O) groups is 4. The number of para-hydroxylation sites is 1. The van der Waals surface area contributed by atoms with E-state index in [1.54, 1.807) is 32.1 Å². The Morgan fingerprint density at radius 1 is 1.00 bits per heavy atom. The summed E-state index contributed by atoms with van der Waals surface area (Å²) in [6.45, 7) is 11.7. The topological polar surface area (TPSA) is 172 Å². The summed E-state index contributed by atoms with van der Waals surface area (Å²) in [6.07, 6.45) is 10.1. The van der Waals surface area contributed by atoms with Crippen LogP contribution in [0.3, 0.4) is 0 Å². The van der Waals surface area contributed by atoms with Gasteiger partial charge in [-0.05, 0) is 110 Å². The van der Waals surface area contributed by atoms with Gasteiger partial charge in [0.2, 0.25) is 11.8 Å². The third-order valence-electron chi connectivity index (χ3n) is 14.4. The highest BCUT2D eigenvalue weighted by atomic mass is 32.1. The Bertz CT molecular complexity index is 2630. The molecule has 2 aromatic heterocycles. The van der Waals surface area contributed by atoms with Crippen LogP contribution in [0.4, 0.5) is 4.39 Å². The van der Waals surface area contributed by atoms with E-state index < -0.39 is 41.1 Å². The molecular weight excluding hydrogens is 904 g/mol. The van der Waals surface area contributed by atoms with Gasteiger partial charge < -0.3 is 25.6 Å². The molecule has 2 aliphatic carbocycles. The third kappa shape index (κ3) is 12.2. The van der Waals surface area contributed by atoms with Gasteiger partial charge in [-0.25, -0.2) is 14.8 Å². The standard InChI is InChI=1S/C55H69FN8O5S/c1-6-28-59-62-47(66)24-15-36-11-13-37(14-12-36)32-63(29-25-41-31-57-45-10-8-7-9-44(41)45)42-22-20-39(21-23-42)48(38-16-18-40(19-17-38)49-35(2)58-34-70-49)60-51(67)46-30-43(65)33-64(46)52(68)50(54(3,4)5)61-53(69)55(56)26-27-55/h7-19,24,31,34,39,42-43,46,48,50,57,59,65H,6,20-23,25-30,32-33H2,1-5H3,(H,60,67)(H,61,69)(H,62,66)/b24-15+/t39?,42?,43-,46+,48-,50-/m1/s1. The Morgan fingerprint density at radius 3 is 2.40 bits per heavy atom. The van der Waals surface area contributed by atoms with Crippen LogP contribution in [0, 0.1) is 18.3 Å². The van der Waals surface area contributed by atoms with E-state index >= 15 is 0 Å². The number of hydrogen-bond donors (Lipinski definition) is 6. The Balaban J connectivity index is 1.01. The number of carbonyl (C=O) groups excluding carboxylic acids is 4.